The van der Waals surface area contributed by atoms with Gasteiger partial charge in [0.2, 0.25) is 0 Å². The van der Waals surface area contributed by atoms with Gasteiger partial charge in [-0.3, -0.25) is 4.79 Å². The highest BCUT2D eigenvalue weighted by atomic mass is 32.1. The summed E-state index contributed by atoms with van der Waals surface area (Å²) >= 11 is 0.716. The molecular formula is C16H9F4N2O3S-. The molecule has 1 N–H and O–H groups in total. The predicted octanol–water partition coefficient (Wildman–Crippen LogP) is 2.41. The van der Waals surface area contributed by atoms with Crippen molar-refractivity contribution in [1.82, 2.24) is 9.97 Å². The number of aryl methyl sites for hydroxylation is 1. The monoisotopic (exact) mass is 385 g/mol. The molecule has 0 radical (unpaired) electrons. The van der Waals surface area contributed by atoms with E-state index in [9.17, 15) is 32.3 Å². The van der Waals surface area contributed by atoms with E-state index in [2.05, 4.69) is 9.97 Å². The lowest BCUT2D eigenvalue weighted by molar-refractivity contribution is -0.254. The van der Waals surface area contributed by atoms with Gasteiger partial charge in [-0.25, -0.2) is 9.37 Å². The van der Waals surface area contributed by atoms with E-state index in [4.69, 9.17) is 0 Å². The Morgan fingerprint density at radius 2 is 2.04 bits per heavy atom. The summed E-state index contributed by atoms with van der Waals surface area (Å²) in [6.07, 6.45) is -5.03. The number of halogens is 4. The lowest BCUT2D eigenvalue weighted by atomic mass is 10.1. The van der Waals surface area contributed by atoms with E-state index in [1.807, 2.05) is 0 Å². The van der Waals surface area contributed by atoms with Crippen LogP contribution in [0.1, 0.15) is 32.2 Å². The Bertz CT molecular complexity index is 1090. The molecular weight excluding hydrogens is 376 g/mol. The van der Waals surface area contributed by atoms with Crippen LogP contribution in [-0.2, 0) is 12.6 Å². The predicted molar refractivity (Wildman–Crippen MR) is 83.5 cm³/mol. The highest BCUT2D eigenvalue weighted by Crippen LogP contribution is 2.31. The number of aromatic amines is 1. The second-order valence-electron chi connectivity index (χ2n) is 5.52. The molecule has 0 spiro atoms. The molecule has 0 atom stereocenters. The maximum absolute atomic E-state index is 13.9. The highest BCUT2D eigenvalue weighted by Gasteiger charge is 2.31. The average Bonchev–Trinajstić information content (AvgIpc) is 2.86. The number of alkyl halides is 3. The summed E-state index contributed by atoms with van der Waals surface area (Å²) < 4.78 is 52.2. The van der Waals surface area contributed by atoms with Crippen LogP contribution in [0.4, 0.5) is 17.6 Å². The van der Waals surface area contributed by atoms with Crippen molar-refractivity contribution in [2.45, 2.75) is 19.5 Å². The molecule has 5 nitrogen and oxygen atoms in total. The quantitative estimate of drug-likeness (QED) is 0.702. The number of nitrogens with zero attached hydrogens (tertiary/aromatic N) is 1. The summed E-state index contributed by atoms with van der Waals surface area (Å²) in [6.45, 7) is 1.42. The van der Waals surface area contributed by atoms with E-state index in [0.29, 0.717) is 29.5 Å². The standard InChI is InChI=1S/C16H10F4N2O3S/c1-6-11-13(23)21-10(22-14(11)26-12(6)15(24)25)5-7-4-8(16(18,19)20)2-3-9(7)17/h2-4H,5H2,1H3,(H,24,25)(H,21,22,23)/p-1. The molecule has 2 heterocycles. The normalized spacial score (nSPS) is 11.9. The Morgan fingerprint density at radius 1 is 1.35 bits per heavy atom. The van der Waals surface area contributed by atoms with Gasteiger partial charge < -0.3 is 14.9 Å². The molecule has 0 unspecified atom stereocenters. The Labute approximate surface area is 146 Å². The van der Waals surface area contributed by atoms with Crippen LogP contribution in [0.25, 0.3) is 10.2 Å². The SMILES string of the molecule is Cc1c(C(=O)[O-])sc2nc(Cc3cc(C(F)(F)F)ccc3F)[nH]c(=O)c12. The molecule has 0 aliphatic heterocycles. The van der Waals surface area contributed by atoms with Crippen molar-refractivity contribution < 1.29 is 27.5 Å². The van der Waals surface area contributed by atoms with Crippen LogP contribution in [0.3, 0.4) is 0 Å². The molecule has 3 rings (SSSR count). The molecule has 26 heavy (non-hydrogen) atoms. The maximum atomic E-state index is 13.9. The van der Waals surface area contributed by atoms with Crippen molar-refractivity contribution in [3.05, 3.63) is 61.8 Å². The minimum Gasteiger partial charge on any atom is -0.544 e. The fraction of sp³-hybridized carbons (Fsp3) is 0.188. The number of carboxylic acids is 1. The number of aromatic carboxylic acids is 1. The smallest absolute Gasteiger partial charge is 0.416 e. The Kier molecular flexibility index (Phi) is 4.31. The van der Waals surface area contributed by atoms with E-state index in [1.54, 1.807) is 0 Å². The number of nitrogens with one attached hydrogen (secondary N) is 1. The lowest BCUT2D eigenvalue weighted by Gasteiger charge is -2.09. The zero-order valence-electron chi connectivity index (χ0n) is 13.0. The number of rotatable bonds is 3. The number of carboxylic acid groups (broad SMARTS) is 1. The van der Waals surface area contributed by atoms with Crippen LogP contribution < -0.4 is 10.7 Å². The van der Waals surface area contributed by atoms with Crippen molar-refractivity contribution in [1.29, 1.82) is 0 Å². The van der Waals surface area contributed by atoms with Crippen molar-refractivity contribution in [3.63, 3.8) is 0 Å². The molecule has 0 saturated heterocycles. The van der Waals surface area contributed by atoms with E-state index in [1.165, 1.54) is 6.92 Å². The van der Waals surface area contributed by atoms with Gasteiger partial charge in [0.25, 0.3) is 5.56 Å². The summed E-state index contributed by atoms with van der Waals surface area (Å²) in [5, 5.41) is 11.1. The molecule has 136 valence electrons. The number of carbonyl (C=O) groups is 1. The number of carbonyl (C=O) groups excluding carboxylic acids is 1. The Morgan fingerprint density at radius 3 is 2.65 bits per heavy atom. The van der Waals surface area contributed by atoms with Gasteiger partial charge in [0.15, 0.2) is 0 Å². The van der Waals surface area contributed by atoms with Gasteiger partial charge in [-0.2, -0.15) is 13.2 Å². The molecule has 10 heteroatoms. The van der Waals surface area contributed by atoms with Gasteiger partial charge in [0.05, 0.1) is 21.8 Å². The number of benzene rings is 1. The summed E-state index contributed by atoms with van der Waals surface area (Å²) in [5.41, 5.74) is -1.78. The van der Waals surface area contributed by atoms with Crippen LogP contribution in [-0.4, -0.2) is 15.9 Å². The van der Waals surface area contributed by atoms with Crippen molar-refractivity contribution >= 4 is 27.5 Å². The summed E-state index contributed by atoms with van der Waals surface area (Å²) in [5.74, 6) is -2.42. The van der Waals surface area contributed by atoms with E-state index in [0.717, 1.165) is 0 Å². The molecule has 2 aromatic heterocycles. The summed E-state index contributed by atoms with van der Waals surface area (Å²) in [7, 11) is 0. The maximum Gasteiger partial charge on any atom is 0.416 e. The van der Waals surface area contributed by atoms with Crippen LogP contribution in [0.5, 0.6) is 0 Å². The lowest BCUT2D eigenvalue weighted by Crippen LogP contribution is -2.21. The highest BCUT2D eigenvalue weighted by molar-refractivity contribution is 7.20. The summed E-state index contributed by atoms with van der Waals surface area (Å²) in [4.78, 5) is 29.6. The van der Waals surface area contributed by atoms with Gasteiger partial charge >= 0.3 is 6.18 Å². The number of aromatic nitrogens is 2. The van der Waals surface area contributed by atoms with Gasteiger partial charge in [0.1, 0.15) is 16.5 Å². The first kappa shape index (κ1) is 18.1. The molecule has 1 aromatic carbocycles. The van der Waals surface area contributed by atoms with Crippen molar-refractivity contribution in [3.8, 4) is 0 Å². The zero-order valence-corrected chi connectivity index (χ0v) is 13.8. The molecule has 0 bridgehead atoms. The van der Waals surface area contributed by atoms with Crippen molar-refractivity contribution in [2.75, 3.05) is 0 Å². The number of thiophene rings is 1. The first-order chi connectivity index (χ1) is 12.1. The Balaban J connectivity index is 2.08. The minimum atomic E-state index is -4.64. The molecule has 0 amide bonds. The largest absolute Gasteiger partial charge is 0.544 e. The first-order valence-corrected chi connectivity index (χ1v) is 7.99. The van der Waals surface area contributed by atoms with Gasteiger partial charge in [-0.1, -0.05) is 0 Å². The third-order valence-corrected chi connectivity index (χ3v) is 4.93. The zero-order chi connectivity index (χ0) is 19.2. The van der Waals surface area contributed by atoms with E-state index < -0.39 is 35.5 Å². The third kappa shape index (κ3) is 3.19. The van der Waals surface area contributed by atoms with Gasteiger partial charge in [-0.15, -0.1) is 11.3 Å². The average molecular weight is 385 g/mol. The topological polar surface area (TPSA) is 85.9 Å². The molecule has 0 fully saturated rings. The molecule has 0 aliphatic carbocycles. The third-order valence-electron chi connectivity index (χ3n) is 3.77. The Hall–Kier alpha value is -2.75. The van der Waals surface area contributed by atoms with Crippen LogP contribution in [0.15, 0.2) is 23.0 Å². The number of H-pyrrole nitrogens is 1. The number of hydrogen-bond donors (Lipinski definition) is 1. The summed E-state index contributed by atoms with van der Waals surface area (Å²) in [6, 6.07) is 1.96. The molecule has 0 saturated carbocycles. The number of fused-ring (bicyclic) bond motifs is 1. The van der Waals surface area contributed by atoms with Crippen LogP contribution in [0.2, 0.25) is 0 Å². The fourth-order valence-electron chi connectivity index (χ4n) is 2.53. The van der Waals surface area contributed by atoms with Crippen LogP contribution in [0, 0.1) is 12.7 Å². The second kappa shape index (κ2) is 6.20. The molecule has 0 aliphatic rings. The van der Waals surface area contributed by atoms with E-state index in [-0.39, 0.29) is 32.0 Å². The van der Waals surface area contributed by atoms with Gasteiger partial charge in [0, 0.05) is 6.42 Å². The van der Waals surface area contributed by atoms with E-state index >= 15 is 0 Å². The number of hydrogen-bond acceptors (Lipinski definition) is 5. The fourth-order valence-corrected chi connectivity index (χ4v) is 3.57. The minimum absolute atomic E-state index is 0.0578. The van der Waals surface area contributed by atoms with Gasteiger partial charge in [-0.05, 0) is 36.2 Å². The van der Waals surface area contributed by atoms with Crippen LogP contribution >= 0.6 is 11.3 Å². The molecule has 3 aromatic rings. The first-order valence-electron chi connectivity index (χ1n) is 7.17. The van der Waals surface area contributed by atoms with Crippen molar-refractivity contribution in [2.24, 2.45) is 0 Å². The second-order valence-corrected chi connectivity index (χ2v) is 6.52.